The van der Waals surface area contributed by atoms with E-state index in [4.69, 9.17) is 0 Å². The summed E-state index contributed by atoms with van der Waals surface area (Å²) in [6, 6.07) is 5.34. The van der Waals surface area contributed by atoms with Crippen molar-refractivity contribution >= 4 is 34.2 Å². The van der Waals surface area contributed by atoms with Crippen LogP contribution in [-0.2, 0) is 11.2 Å². The lowest BCUT2D eigenvalue weighted by atomic mass is 10.0. The van der Waals surface area contributed by atoms with E-state index in [2.05, 4.69) is 21.2 Å². The summed E-state index contributed by atoms with van der Waals surface area (Å²) in [4.78, 5) is 14.3. The summed E-state index contributed by atoms with van der Waals surface area (Å²) in [7, 11) is 0. The second kappa shape index (κ2) is 8.45. The summed E-state index contributed by atoms with van der Waals surface area (Å²) in [6.45, 7) is 2.79. The molecule has 1 amide bonds. The Hall–Kier alpha value is -0.650. The number of likely N-dealkylation sites (tertiary alicyclic amines) is 1. The summed E-state index contributed by atoms with van der Waals surface area (Å²) < 4.78 is 13.6. The average Bonchev–Trinajstić information content (AvgIpc) is 3.34. The molecule has 1 aromatic rings. The molecule has 1 saturated carbocycles. The normalized spacial score (nSPS) is 18.6. The molecule has 128 valence electrons. The van der Waals surface area contributed by atoms with Gasteiger partial charge in [0, 0.05) is 19.1 Å². The Bertz CT molecular complexity index is 545. The maximum Gasteiger partial charge on any atom is 0.226 e. The molecular weight excluding hydrogens is 383 g/mol. The Morgan fingerprint density at radius 1 is 1.26 bits per heavy atom. The molecule has 6 heteroatoms. The zero-order chi connectivity index (χ0) is 15.5. The monoisotopic (exact) mass is 404 g/mol. The fraction of sp³-hybridized carbons (Fsp3) is 0.588. The molecule has 1 heterocycles. The second-order valence-corrected chi connectivity index (χ2v) is 7.29. The van der Waals surface area contributed by atoms with Crippen molar-refractivity contribution < 1.29 is 9.18 Å². The first-order chi connectivity index (χ1) is 10.6. The van der Waals surface area contributed by atoms with Crippen molar-refractivity contribution in [2.24, 2.45) is 5.92 Å². The van der Waals surface area contributed by atoms with Crippen molar-refractivity contribution in [2.45, 2.75) is 38.1 Å². The molecule has 1 saturated heterocycles. The molecule has 1 N–H and O–H groups in total. The van der Waals surface area contributed by atoms with Gasteiger partial charge in [-0.15, -0.1) is 12.4 Å². The van der Waals surface area contributed by atoms with Gasteiger partial charge in [0.1, 0.15) is 5.82 Å². The van der Waals surface area contributed by atoms with Gasteiger partial charge in [-0.1, -0.05) is 6.07 Å². The van der Waals surface area contributed by atoms with Crippen LogP contribution in [-0.4, -0.2) is 36.5 Å². The Morgan fingerprint density at radius 3 is 2.57 bits per heavy atom. The van der Waals surface area contributed by atoms with Crippen LogP contribution in [0.3, 0.4) is 0 Å². The predicted octanol–water partition coefficient (Wildman–Crippen LogP) is 3.54. The van der Waals surface area contributed by atoms with Gasteiger partial charge in [0.05, 0.1) is 10.9 Å². The van der Waals surface area contributed by atoms with Crippen molar-refractivity contribution in [3.63, 3.8) is 0 Å². The highest BCUT2D eigenvalue weighted by atomic mass is 79.9. The summed E-state index contributed by atoms with van der Waals surface area (Å²) in [5.41, 5.74) is 0.854. The molecule has 0 bridgehead atoms. The number of hydrogen-bond donors (Lipinski definition) is 1. The largest absolute Gasteiger partial charge is 0.342 e. The van der Waals surface area contributed by atoms with Crippen molar-refractivity contribution in [1.29, 1.82) is 0 Å². The zero-order valence-corrected chi connectivity index (χ0v) is 15.5. The van der Waals surface area contributed by atoms with Crippen LogP contribution < -0.4 is 5.32 Å². The van der Waals surface area contributed by atoms with Crippen LogP contribution in [0, 0.1) is 11.7 Å². The third kappa shape index (κ3) is 5.44. The average molecular weight is 406 g/mol. The topological polar surface area (TPSA) is 32.3 Å². The van der Waals surface area contributed by atoms with E-state index in [0.29, 0.717) is 16.9 Å². The van der Waals surface area contributed by atoms with Crippen molar-refractivity contribution in [3.8, 4) is 0 Å². The van der Waals surface area contributed by atoms with Gasteiger partial charge in [-0.3, -0.25) is 4.79 Å². The van der Waals surface area contributed by atoms with Crippen molar-refractivity contribution in [2.75, 3.05) is 19.6 Å². The first-order valence-corrected chi connectivity index (χ1v) is 8.86. The lowest BCUT2D eigenvalue weighted by molar-refractivity contribution is -0.131. The summed E-state index contributed by atoms with van der Waals surface area (Å²) >= 11 is 3.17. The van der Waals surface area contributed by atoms with Crippen LogP contribution in [0.4, 0.5) is 4.39 Å². The molecule has 0 unspecified atom stereocenters. The maximum atomic E-state index is 13.2. The highest BCUT2D eigenvalue weighted by Gasteiger charge is 2.25. The fourth-order valence-electron chi connectivity index (χ4n) is 2.92. The van der Waals surface area contributed by atoms with Crippen molar-refractivity contribution in [1.82, 2.24) is 10.2 Å². The predicted molar refractivity (Wildman–Crippen MR) is 95.4 cm³/mol. The molecule has 0 atom stereocenters. The van der Waals surface area contributed by atoms with Crippen molar-refractivity contribution in [3.05, 3.63) is 34.1 Å². The summed E-state index contributed by atoms with van der Waals surface area (Å²) in [5.74, 6) is 0.745. The molecule has 0 spiro atoms. The number of piperidine rings is 1. The molecule has 1 aliphatic carbocycles. The smallest absolute Gasteiger partial charge is 0.226 e. The Kier molecular flexibility index (Phi) is 6.86. The Labute approximate surface area is 151 Å². The SMILES string of the molecule is Cl.O=C(Cc1ccc(F)c(Br)c1)N1CCC(NCC2CC2)CC1. The maximum absolute atomic E-state index is 13.2. The van der Waals surface area contributed by atoms with Gasteiger partial charge in [-0.25, -0.2) is 4.39 Å². The van der Waals surface area contributed by atoms with Gasteiger partial charge in [-0.2, -0.15) is 0 Å². The minimum atomic E-state index is -0.293. The van der Waals surface area contributed by atoms with Crippen LogP contribution >= 0.6 is 28.3 Å². The van der Waals surface area contributed by atoms with Gasteiger partial charge in [0.25, 0.3) is 0 Å². The van der Waals surface area contributed by atoms with E-state index in [-0.39, 0.29) is 24.1 Å². The second-order valence-electron chi connectivity index (χ2n) is 6.43. The Balaban J connectivity index is 0.00000192. The number of nitrogens with zero attached hydrogens (tertiary/aromatic N) is 1. The molecule has 3 rings (SSSR count). The lowest BCUT2D eigenvalue weighted by Gasteiger charge is -2.32. The van der Waals surface area contributed by atoms with E-state index in [1.807, 2.05) is 4.90 Å². The highest BCUT2D eigenvalue weighted by molar-refractivity contribution is 9.10. The third-order valence-electron chi connectivity index (χ3n) is 4.58. The van der Waals surface area contributed by atoms with Crippen LogP contribution in [0.2, 0.25) is 0 Å². The van der Waals surface area contributed by atoms with Crippen LogP contribution in [0.5, 0.6) is 0 Å². The third-order valence-corrected chi connectivity index (χ3v) is 5.19. The first-order valence-electron chi connectivity index (χ1n) is 8.07. The minimum Gasteiger partial charge on any atom is -0.342 e. The van der Waals surface area contributed by atoms with E-state index in [1.165, 1.54) is 18.9 Å². The number of amides is 1. The number of hydrogen-bond acceptors (Lipinski definition) is 2. The quantitative estimate of drug-likeness (QED) is 0.812. The Morgan fingerprint density at radius 2 is 1.96 bits per heavy atom. The number of rotatable bonds is 5. The van der Waals surface area contributed by atoms with E-state index in [1.54, 1.807) is 12.1 Å². The van der Waals surface area contributed by atoms with E-state index < -0.39 is 0 Å². The van der Waals surface area contributed by atoms with Crippen LogP contribution in [0.25, 0.3) is 0 Å². The molecule has 23 heavy (non-hydrogen) atoms. The molecular formula is C17H23BrClFN2O. The molecule has 2 aliphatic rings. The van der Waals surface area contributed by atoms with Crippen LogP contribution in [0.1, 0.15) is 31.2 Å². The van der Waals surface area contributed by atoms with Gasteiger partial charge in [-0.05, 0) is 71.8 Å². The summed E-state index contributed by atoms with van der Waals surface area (Å²) in [5, 5.41) is 3.62. The van der Waals surface area contributed by atoms with E-state index in [9.17, 15) is 9.18 Å². The number of carbonyl (C=O) groups excluding carboxylic acids is 1. The van der Waals surface area contributed by atoms with E-state index >= 15 is 0 Å². The molecule has 2 fully saturated rings. The van der Waals surface area contributed by atoms with Crippen LogP contribution in [0.15, 0.2) is 22.7 Å². The van der Waals surface area contributed by atoms with Gasteiger partial charge in [0.15, 0.2) is 0 Å². The molecule has 3 nitrogen and oxygen atoms in total. The van der Waals surface area contributed by atoms with Gasteiger partial charge in [0.2, 0.25) is 5.91 Å². The molecule has 1 aliphatic heterocycles. The lowest BCUT2D eigenvalue weighted by Crippen LogP contribution is -2.45. The number of nitrogens with one attached hydrogen (secondary N) is 1. The van der Waals surface area contributed by atoms with E-state index in [0.717, 1.165) is 44.0 Å². The molecule has 0 aromatic heterocycles. The number of halogens is 3. The fourth-order valence-corrected chi connectivity index (χ4v) is 3.35. The zero-order valence-electron chi connectivity index (χ0n) is 13.1. The standard InChI is InChI=1S/C17H22BrFN2O.ClH/c18-15-9-13(3-4-16(15)19)10-17(22)21-7-5-14(6-8-21)20-11-12-1-2-12;/h3-4,9,12,14,20H,1-2,5-8,10-11H2;1H. The van der Waals surface area contributed by atoms with Gasteiger partial charge >= 0.3 is 0 Å². The molecule has 1 aromatic carbocycles. The minimum absolute atomic E-state index is 0. The highest BCUT2D eigenvalue weighted by Crippen LogP contribution is 2.28. The van der Waals surface area contributed by atoms with Gasteiger partial charge < -0.3 is 10.2 Å². The number of benzene rings is 1. The number of carbonyl (C=O) groups is 1. The molecule has 0 radical (unpaired) electrons. The first kappa shape index (κ1) is 18.7. The summed E-state index contributed by atoms with van der Waals surface area (Å²) in [6.07, 6.45) is 5.16.